The number of nitrogens with one attached hydrogen (secondary N) is 1. The van der Waals surface area contributed by atoms with Gasteiger partial charge in [0.1, 0.15) is 5.15 Å². The number of hydrogen-bond acceptors (Lipinski definition) is 4. The van der Waals surface area contributed by atoms with E-state index in [2.05, 4.69) is 15.3 Å². The Balaban J connectivity index is 2.10. The summed E-state index contributed by atoms with van der Waals surface area (Å²) in [6, 6.07) is 3.36. The highest BCUT2D eigenvalue weighted by Gasteiger charge is 2.12. The van der Waals surface area contributed by atoms with Crippen LogP contribution in [0.1, 0.15) is 21.5 Å². The van der Waals surface area contributed by atoms with Crippen LogP contribution in [0.2, 0.25) is 5.15 Å². The van der Waals surface area contributed by atoms with Gasteiger partial charge in [-0.1, -0.05) is 11.6 Å². The Morgan fingerprint density at radius 2 is 2.26 bits per heavy atom. The van der Waals surface area contributed by atoms with E-state index in [9.17, 15) is 4.79 Å². The maximum atomic E-state index is 12.0. The summed E-state index contributed by atoms with van der Waals surface area (Å²) in [7, 11) is 0. The summed E-state index contributed by atoms with van der Waals surface area (Å²) in [4.78, 5) is 19.8. The van der Waals surface area contributed by atoms with Crippen LogP contribution in [-0.4, -0.2) is 15.9 Å². The zero-order valence-corrected chi connectivity index (χ0v) is 11.1. The Labute approximate surface area is 115 Å². The number of aromatic nitrogens is 2. The normalized spacial score (nSPS) is 10.2. The van der Waals surface area contributed by atoms with Gasteiger partial charge in [0.15, 0.2) is 0 Å². The zero-order chi connectivity index (χ0) is 13.8. The third-order valence-electron chi connectivity index (χ3n) is 2.68. The molecule has 1 amide bonds. The number of nitrogens with two attached hydrogens (primary N) is 1. The lowest BCUT2D eigenvalue weighted by Gasteiger charge is -2.08. The minimum Gasteiger partial charge on any atom is -0.397 e. The molecular weight excluding hydrogens is 264 g/mol. The monoisotopic (exact) mass is 276 g/mol. The van der Waals surface area contributed by atoms with Crippen LogP contribution in [0.25, 0.3) is 0 Å². The number of nitrogen functional groups attached to an aromatic ring is 1. The third-order valence-corrected chi connectivity index (χ3v) is 2.98. The highest BCUT2D eigenvalue weighted by molar-refractivity contribution is 6.32. The van der Waals surface area contributed by atoms with Gasteiger partial charge in [-0.2, -0.15) is 0 Å². The first-order valence-electron chi connectivity index (χ1n) is 5.66. The summed E-state index contributed by atoms with van der Waals surface area (Å²) in [5, 5.41) is 2.91. The predicted octanol–water partition coefficient (Wildman–Crippen LogP) is 1.95. The van der Waals surface area contributed by atoms with Gasteiger partial charge in [-0.25, -0.2) is 4.98 Å². The Morgan fingerprint density at radius 3 is 3.00 bits per heavy atom. The Bertz CT molecular complexity index is 615. The summed E-state index contributed by atoms with van der Waals surface area (Å²) < 4.78 is 0. The highest BCUT2D eigenvalue weighted by Crippen LogP contribution is 2.15. The second-order valence-electron chi connectivity index (χ2n) is 4.09. The van der Waals surface area contributed by atoms with Gasteiger partial charge in [-0.3, -0.25) is 9.78 Å². The topological polar surface area (TPSA) is 80.9 Å². The number of nitrogens with zero attached hydrogens (tertiary/aromatic N) is 2. The fraction of sp³-hybridized carbons (Fsp3) is 0.154. The van der Waals surface area contributed by atoms with Gasteiger partial charge in [0.2, 0.25) is 0 Å². The average molecular weight is 277 g/mol. The molecule has 0 unspecified atom stereocenters. The molecule has 6 heteroatoms. The maximum absolute atomic E-state index is 12.0. The van der Waals surface area contributed by atoms with Crippen LogP contribution in [0.4, 0.5) is 5.69 Å². The van der Waals surface area contributed by atoms with E-state index >= 15 is 0 Å². The minimum absolute atomic E-state index is 0.137. The molecule has 0 fully saturated rings. The summed E-state index contributed by atoms with van der Waals surface area (Å²) in [5.74, 6) is -0.305. The summed E-state index contributed by atoms with van der Waals surface area (Å²) in [6.45, 7) is 2.34. The molecule has 3 N–H and O–H groups in total. The standard InChI is InChI=1S/C13H13ClN4O/c1-8-5-16-3-2-9(8)6-18-13(19)11-4-10(15)7-17-12(11)14/h2-5,7H,6,15H2,1H3,(H,18,19). The first-order valence-corrected chi connectivity index (χ1v) is 6.04. The van der Waals surface area contributed by atoms with Gasteiger partial charge in [-0.15, -0.1) is 0 Å². The molecule has 0 atom stereocenters. The number of carbonyl (C=O) groups is 1. The lowest BCUT2D eigenvalue weighted by molar-refractivity contribution is 0.0950. The van der Waals surface area contributed by atoms with Crippen molar-refractivity contribution in [2.45, 2.75) is 13.5 Å². The molecule has 0 aliphatic rings. The molecule has 0 bridgehead atoms. The molecule has 2 heterocycles. The molecule has 98 valence electrons. The van der Waals surface area contributed by atoms with Crippen molar-refractivity contribution in [3.63, 3.8) is 0 Å². The van der Waals surface area contributed by atoms with Crippen molar-refractivity contribution < 1.29 is 4.79 Å². The lowest BCUT2D eigenvalue weighted by Crippen LogP contribution is -2.24. The van der Waals surface area contributed by atoms with Crippen LogP contribution in [0.15, 0.2) is 30.7 Å². The molecule has 0 radical (unpaired) electrons. The molecular formula is C13H13ClN4O. The molecule has 0 aliphatic carbocycles. The van der Waals surface area contributed by atoms with E-state index in [1.807, 2.05) is 13.0 Å². The zero-order valence-electron chi connectivity index (χ0n) is 10.4. The number of amides is 1. The Kier molecular flexibility index (Phi) is 3.97. The van der Waals surface area contributed by atoms with Gasteiger partial charge in [0, 0.05) is 18.9 Å². The van der Waals surface area contributed by atoms with Gasteiger partial charge < -0.3 is 11.1 Å². The van der Waals surface area contributed by atoms with Crippen LogP contribution in [-0.2, 0) is 6.54 Å². The fourth-order valence-electron chi connectivity index (χ4n) is 1.59. The van der Waals surface area contributed by atoms with Gasteiger partial charge in [0.25, 0.3) is 5.91 Å². The van der Waals surface area contributed by atoms with Gasteiger partial charge in [-0.05, 0) is 30.2 Å². The van der Waals surface area contributed by atoms with Gasteiger partial charge in [0.05, 0.1) is 17.4 Å². The van der Waals surface area contributed by atoms with Crippen LogP contribution < -0.4 is 11.1 Å². The largest absolute Gasteiger partial charge is 0.397 e. The molecule has 0 saturated carbocycles. The van der Waals surface area contributed by atoms with Crippen molar-refractivity contribution in [1.82, 2.24) is 15.3 Å². The van der Waals surface area contributed by atoms with E-state index < -0.39 is 0 Å². The highest BCUT2D eigenvalue weighted by atomic mass is 35.5. The van der Waals surface area contributed by atoms with Crippen molar-refractivity contribution >= 4 is 23.2 Å². The second kappa shape index (κ2) is 5.67. The van der Waals surface area contributed by atoms with E-state index in [-0.39, 0.29) is 16.6 Å². The van der Waals surface area contributed by atoms with E-state index in [1.165, 1.54) is 12.3 Å². The summed E-state index contributed by atoms with van der Waals surface area (Å²) >= 11 is 5.87. The number of aryl methyl sites for hydroxylation is 1. The molecule has 2 aromatic heterocycles. The predicted molar refractivity (Wildman–Crippen MR) is 73.8 cm³/mol. The molecule has 0 spiro atoms. The second-order valence-corrected chi connectivity index (χ2v) is 4.45. The molecule has 0 saturated heterocycles. The van der Waals surface area contributed by atoms with E-state index in [1.54, 1.807) is 12.4 Å². The lowest BCUT2D eigenvalue weighted by atomic mass is 10.1. The average Bonchev–Trinajstić information content (AvgIpc) is 2.40. The van der Waals surface area contributed by atoms with Crippen molar-refractivity contribution in [3.05, 3.63) is 52.6 Å². The number of anilines is 1. The van der Waals surface area contributed by atoms with Crippen molar-refractivity contribution in [1.29, 1.82) is 0 Å². The molecule has 2 rings (SSSR count). The van der Waals surface area contributed by atoms with Crippen LogP contribution in [0, 0.1) is 6.92 Å². The van der Waals surface area contributed by atoms with Crippen molar-refractivity contribution in [2.75, 3.05) is 5.73 Å². The van der Waals surface area contributed by atoms with E-state index in [0.717, 1.165) is 11.1 Å². The molecule has 19 heavy (non-hydrogen) atoms. The summed E-state index contributed by atoms with van der Waals surface area (Å²) in [5.41, 5.74) is 8.27. The number of carbonyl (C=O) groups excluding carboxylic acids is 1. The van der Waals surface area contributed by atoms with Crippen LogP contribution in [0.3, 0.4) is 0 Å². The Hall–Kier alpha value is -2.14. The number of halogens is 1. The smallest absolute Gasteiger partial charge is 0.254 e. The van der Waals surface area contributed by atoms with Crippen molar-refractivity contribution in [2.24, 2.45) is 0 Å². The fourth-order valence-corrected chi connectivity index (χ4v) is 1.78. The quantitative estimate of drug-likeness (QED) is 0.840. The number of hydrogen-bond donors (Lipinski definition) is 2. The first-order chi connectivity index (χ1) is 9.08. The molecule has 2 aromatic rings. The molecule has 0 aliphatic heterocycles. The van der Waals surface area contributed by atoms with E-state index in [4.69, 9.17) is 17.3 Å². The minimum atomic E-state index is -0.305. The maximum Gasteiger partial charge on any atom is 0.254 e. The van der Waals surface area contributed by atoms with Gasteiger partial charge >= 0.3 is 0 Å². The van der Waals surface area contributed by atoms with E-state index in [0.29, 0.717) is 12.2 Å². The van der Waals surface area contributed by atoms with Crippen LogP contribution in [0.5, 0.6) is 0 Å². The first kappa shape index (κ1) is 13.3. The number of rotatable bonds is 3. The molecule has 0 aromatic carbocycles. The third kappa shape index (κ3) is 3.20. The van der Waals surface area contributed by atoms with Crippen LogP contribution >= 0.6 is 11.6 Å². The SMILES string of the molecule is Cc1cnccc1CNC(=O)c1cc(N)cnc1Cl. The van der Waals surface area contributed by atoms with Crippen molar-refractivity contribution in [3.8, 4) is 0 Å². The number of pyridine rings is 2. The Morgan fingerprint density at radius 1 is 1.47 bits per heavy atom. The molecule has 5 nitrogen and oxygen atoms in total. The summed E-state index contributed by atoms with van der Waals surface area (Å²) in [6.07, 6.45) is 4.84.